The molecule has 6 nitrogen and oxygen atoms in total. The molecule has 2 aromatic carbocycles. The zero-order chi connectivity index (χ0) is 20.3. The van der Waals surface area contributed by atoms with E-state index >= 15 is 0 Å². The van der Waals surface area contributed by atoms with Crippen LogP contribution in [0.1, 0.15) is 19.4 Å². The van der Waals surface area contributed by atoms with Crippen molar-refractivity contribution >= 4 is 37.3 Å². The second kappa shape index (κ2) is 8.28. The molecule has 0 unspecified atom stereocenters. The summed E-state index contributed by atoms with van der Waals surface area (Å²) in [6, 6.07) is 12.2. The number of hydrogen-bond donors (Lipinski definition) is 0. The molecule has 0 aliphatic heterocycles. The number of hydrogen-bond acceptors (Lipinski definition) is 5. The van der Waals surface area contributed by atoms with Gasteiger partial charge in [-0.1, -0.05) is 29.5 Å². The summed E-state index contributed by atoms with van der Waals surface area (Å²) < 4.78 is 31.8. The lowest BCUT2D eigenvalue weighted by Crippen LogP contribution is -2.17. The topological polar surface area (TPSA) is 77.7 Å². The maximum absolute atomic E-state index is 12.5. The summed E-state index contributed by atoms with van der Waals surface area (Å²) in [6.07, 6.45) is 1.27. The van der Waals surface area contributed by atoms with Gasteiger partial charge in [-0.25, -0.2) is 8.42 Å². The van der Waals surface area contributed by atoms with Crippen molar-refractivity contribution < 1.29 is 17.9 Å². The van der Waals surface area contributed by atoms with Crippen LogP contribution < -0.4 is 9.54 Å². The quantitative estimate of drug-likeness (QED) is 0.616. The molecule has 28 heavy (non-hydrogen) atoms. The van der Waals surface area contributed by atoms with Gasteiger partial charge >= 0.3 is 0 Å². The van der Waals surface area contributed by atoms with Gasteiger partial charge in [-0.15, -0.1) is 0 Å². The third-order valence-corrected chi connectivity index (χ3v) is 6.38. The molecule has 0 aliphatic carbocycles. The lowest BCUT2D eigenvalue weighted by atomic mass is 10.1. The van der Waals surface area contributed by atoms with Crippen LogP contribution in [-0.2, 0) is 27.6 Å². The molecule has 0 atom stereocenters. The van der Waals surface area contributed by atoms with Crippen LogP contribution in [0.25, 0.3) is 10.2 Å². The standard InChI is InChI=1S/C20H22N2O4S2/c1-4-22-19-16(26-5-2)7-6-8-17(19)27-20(22)21-18(23)13-14-9-11-15(12-10-14)28(3,24)25/h6-12H,4-5,13H2,1-3H3. The molecule has 1 amide bonds. The van der Waals surface area contributed by atoms with E-state index in [2.05, 4.69) is 4.99 Å². The van der Waals surface area contributed by atoms with E-state index in [1.54, 1.807) is 12.1 Å². The molecule has 8 heteroatoms. The Morgan fingerprint density at radius 3 is 2.46 bits per heavy atom. The minimum atomic E-state index is -3.25. The van der Waals surface area contributed by atoms with Crippen LogP contribution in [0.15, 0.2) is 52.4 Å². The van der Waals surface area contributed by atoms with Crippen LogP contribution in [0, 0.1) is 0 Å². The number of amides is 1. The average molecular weight is 419 g/mol. The molecule has 0 radical (unpaired) electrons. The Morgan fingerprint density at radius 2 is 1.86 bits per heavy atom. The number of aromatic nitrogens is 1. The highest BCUT2D eigenvalue weighted by atomic mass is 32.2. The van der Waals surface area contributed by atoms with Crippen molar-refractivity contribution in [2.45, 2.75) is 31.7 Å². The highest BCUT2D eigenvalue weighted by Gasteiger charge is 2.12. The van der Waals surface area contributed by atoms with E-state index in [9.17, 15) is 13.2 Å². The van der Waals surface area contributed by atoms with Gasteiger partial charge in [0.2, 0.25) is 0 Å². The van der Waals surface area contributed by atoms with E-state index in [-0.39, 0.29) is 17.2 Å². The fourth-order valence-electron chi connectivity index (χ4n) is 2.92. The van der Waals surface area contributed by atoms with E-state index in [1.165, 1.54) is 23.5 Å². The molecule has 0 N–H and O–H groups in total. The molecular weight excluding hydrogens is 396 g/mol. The minimum Gasteiger partial charge on any atom is -0.492 e. The molecule has 0 fully saturated rings. The maximum atomic E-state index is 12.5. The van der Waals surface area contributed by atoms with E-state index in [4.69, 9.17) is 4.74 Å². The van der Waals surface area contributed by atoms with Crippen molar-refractivity contribution in [3.63, 3.8) is 0 Å². The molecule has 0 aliphatic rings. The van der Waals surface area contributed by atoms with E-state index in [1.807, 2.05) is 36.6 Å². The maximum Gasteiger partial charge on any atom is 0.252 e. The summed E-state index contributed by atoms with van der Waals surface area (Å²) in [4.78, 5) is 17.7. The van der Waals surface area contributed by atoms with Gasteiger partial charge in [0.25, 0.3) is 5.91 Å². The largest absolute Gasteiger partial charge is 0.492 e. The van der Waals surface area contributed by atoms with Gasteiger partial charge in [0.15, 0.2) is 14.6 Å². The lowest BCUT2D eigenvalue weighted by Gasteiger charge is -2.07. The number of para-hydroxylation sites is 1. The van der Waals surface area contributed by atoms with Crippen molar-refractivity contribution in [2.75, 3.05) is 12.9 Å². The van der Waals surface area contributed by atoms with Crippen LogP contribution in [0.3, 0.4) is 0 Å². The normalized spacial score (nSPS) is 12.5. The zero-order valence-corrected chi connectivity index (χ0v) is 17.6. The molecule has 0 saturated heterocycles. The van der Waals surface area contributed by atoms with Gasteiger partial charge < -0.3 is 9.30 Å². The number of ether oxygens (including phenoxy) is 1. The van der Waals surface area contributed by atoms with Crippen LogP contribution in [0.2, 0.25) is 0 Å². The number of thiazole rings is 1. The third kappa shape index (κ3) is 4.34. The third-order valence-electron chi connectivity index (χ3n) is 4.21. The first-order valence-electron chi connectivity index (χ1n) is 8.95. The van der Waals surface area contributed by atoms with Crippen LogP contribution in [0.5, 0.6) is 5.75 Å². The number of carbonyl (C=O) groups is 1. The molecular formula is C20H22N2O4S2. The van der Waals surface area contributed by atoms with Crippen molar-refractivity contribution in [1.82, 2.24) is 4.57 Å². The second-order valence-electron chi connectivity index (χ2n) is 6.26. The van der Waals surface area contributed by atoms with Gasteiger partial charge in [-0.05, 0) is 43.7 Å². The molecule has 148 valence electrons. The van der Waals surface area contributed by atoms with Crippen molar-refractivity contribution in [3.05, 3.63) is 52.8 Å². The molecule has 1 aromatic heterocycles. The van der Waals surface area contributed by atoms with Crippen LogP contribution in [-0.4, -0.2) is 31.8 Å². The van der Waals surface area contributed by atoms with Gasteiger partial charge in [0.05, 0.1) is 22.6 Å². The number of fused-ring (bicyclic) bond motifs is 1. The lowest BCUT2D eigenvalue weighted by molar-refractivity contribution is -0.117. The fourth-order valence-corrected chi connectivity index (χ4v) is 4.68. The number of aryl methyl sites for hydroxylation is 1. The van der Waals surface area contributed by atoms with Gasteiger partial charge in [-0.3, -0.25) is 4.79 Å². The van der Waals surface area contributed by atoms with Crippen molar-refractivity contribution in [3.8, 4) is 5.75 Å². The van der Waals surface area contributed by atoms with Crippen molar-refractivity contribution in [2.24, 2.45) is 4.99 Å². The highest BCUT2D eigenvalue weighted by molar-refractivity contribution is 7.90. The van der Waals surface area contributed by atoms with Crippen molar-refractivity contribution in [1.29, 1.82) is 0 Å². The number of nitrogens with zero attached hydrogens (tertiary/aromatic N) is 2. The number of carbonyl (C=O) groups excluding carboxylic acids is 1. The Hall–Kier alpha value is -2.45. The number of benzene rings is 2. The zero-order valence-electron chi connectivity index (χ0n) is 16.0. The molecule has 0 spiro atoms. The predicted molar refractivity (Wildman–Crippen MR) is 110 cm³/mol. The Kier molecular flexibility index (Phi) is 6.00. The molecule has 0 saturated carbocycles. The van der Waals surface area contributed by atoms with Gasteiger partial charge in [0.1, 0.15) is 11.3 Å². The average Bonchev–Trinajstić information content (AvgIpc) is 2.99. The Bertz CT molecular complexity index is 1170. The smallest absolute Gasteiger partial charge is 0.252 e. The monoisotopic (exact) mass is 418 g/mol. The first-order valence-corrected chi connectivity index (χ1v) is 11.7. The van der Waals surface area contributed by atoms with E-state index in [0.717, 1.165) is 27.8 Å². The summed E-state index contributed by atoms with van der Waals surface area (Å²) >= 11 is 1.45. The molecule has 0 bridgehead atoms. The Balaban J connectivity index is 1.93. The first-order chi connectivity index (χ1) is 13.3. The minimum absolute atomic E-state index is 0.111. The first kappa shape index (κ1) is 20.3. The fraction of sp³-hybridized carbons (Fsp3) is 0.300. The molecule has 1 heterocycles. The SMILES string of the molecule is CCOc1cccc2sc(=NC(=O)Cc3ccc(S(C)(=O)=O)cc3)n(CC)c12. The summed E-state index contributed by atoms with van der Waals surface area (Å²) in [6.45, 7) is 5.17. The number of rotatable bonds is 6. The van der Waals surface area contributed by atoms with Crippen LogP contribution >= 0.6 is 11.3 Å². The Morgan fingerprint density at radius 1 is 1.14 bits per heavy atom. The highest BCUT2D eigenvalue weighted by Crippen LogP contribution is 2.27. The van der Waals surface area contributed by atoms with E-state index < -0.39 is 9.84 Å². The summed E-state index contributed by atoms with van der Waals surface area (Å²) in [5, 5.41) is 0. The number of sulfone groups is 1. The predicted octanol–water partition coefficient (Wildman–Crippen LogP) is 3.19. The molecule has 3 rings (SSSR count). The Labute approximate surface area is 168 Å². The summed E-state index contributed by atoms with van der Waals surface area (Å²) in [7, 11) is -3.25. The second-order valence-corrected chi connectivity index (χ2v) is 9.29. The molecule has 3 aromatic rings. The summed E-state index contributed by atoms with van der Waals surface area (Å²) in [5.74, 6) is 0.502. The van der Waals surface area contributed by atoms with E-state index in [0.29, 0.717) is 18.0 Å². The van der Waals surface area contributed by atoms with Gasteiger partial charge in [-0.2, -0.15) is 4.99 Å². The van der Waals surface area contributed by atoms with Crippen LogP contribution in [0.4, 0.5) is 0 Å². The van der Waals surface area contributed by atoms with Gasteiger partial charge in [0, 0.05) is 12.8 Å². The summed E-state index contributed by atoms with van der Waals surface area (Å²) in [5.41, 5.74) is 1.67.